The van der Waals surface area contributed by atoms with Gasteiger partial charge in [0.25, 0.3) is 0 Å². The van der Waals surface area contributed by atoms with Gasteiger partial charge in [0, 0.05) is 0 Å². The molecule has 1 amide bonds. The maximum atomic E-state index is 10.7. The van der Waals surface area contributed by atoms with Gasteiger partial charge >= 0.3 is 0 Å². The van der Waals surface area contributed by atoms with Gasteiger partial charge in [-0.3, -0.25) is 10.1 Å². The summed E-state index contributed by atoms with van der Waals surface area (Å²) >= 11 is 2.99. The van der Waals surface area contributed by atoms with E-state index in [2.05, 4.69) is 36.2 Å². The SMILES string of the molecule is O=C(CBr)Nc1ncncn1. The lowest BCUT2D eigenvalue weighted by molar-refractivity contribution is -0.113. The number of anilines is 1. The van der Waals surface area contributed by atoms with Gasteiger partial charge in [-0.2, -0.15) is 0 Å². The average molecular weight is 217 g/mol. The Morgan fingerprint density at radius 3 is 2.73 bits per heavy atom. The van der Waals surface area contributed by atoms with Crippen LogP contribution in [-0.4, -0.2) is 26.2 Å². The van der Waals surface area contributed by atoms with Crippen molar-refractivity contribution in [3.05, 3.63) is 12.7 Å². The molecule has 0 spiro atoms. The van der Waals surface area contributed by atoms with Crippen LogP contribution in [0.2, 0.25) is 0 Å². The number of hydrogen-bond acceptors (Lipinski definition) is 4. The second kappa shape index (κ2) is 3.97. The average Bonchev–Trinajstić information content (AvgIpc) is 2.06. The standard InChI is InChI=1S/C5H5BrN4O/c6-1-4(11)10-5-8-2-7-3-9-5/h2-3H,1H2,(H,7,8,9,10,11). The molecule has 0 fully saturated rings. The van der Waals surface area contributed by atoms with Crippen molar-refractivity contribution in [1.82, 2.24) is 15.0 Å². The van der Waals surface area contributed by atoms with Crippen molar-refractivity contribution in [2.45, 2.75) is 0 Å². The number of amides is 1. The topological polar surface area (TPSA) is 67.8 Å². The van der Waals surface area contributed by atoms with Gasteiger partial charge in [0.05, 0.1) is 5.33 Å². The summed E-state index contributed by atoms with van der Waals surface area (Å²) in [4.78, 5) is 21.7. The van der Waals surface area contributed by atoms with E-state index >= 15 is 0 Å². The third kappa shape index (κ3) is 2.58. The molecule has 1 rings (SSSR count). The van der Waals surface area contributed by atoms with Crippen molar-refractivity contribution in [3.8, 4) is 0 Å². The Morgan fingerprint density at radius 1 is 1.55 bits per heavy atom. The second-order valence-corrected chi connectivity index (χ2v) is 2.20. The molecule has 0 aromatic carbocycles. The largest absolute Gasteiger partial charge is 0.294 e. The van der Waals surface area contributed by atoms with E-state index in [1.54, 1.807) is 0 Å². The molecule has 1 heterocycles. The molecule has 1 aromatic rings. The smallest absolute Gasteiger partial charge is 0.237 e. The fraction of sp³-hybridized carbons (Fsp3) is 0.200. The minimum absolute atomic E-state index is 0.184. The normalized spacial score (nSPS) is 9.18. The van der Waals surface area contributed by atoms with E-state index in [1.807, 2.05) is 0 Å². The molecule has 1 N–H and O–H groups in total. The van der Waals surface area contributed by atoms with Crippen LogP contribution in [0.25, 0.3) is 0 Å². The number of nitrogens with zero attached hydrogens (tertiary/aromatic N) is 3. The van der Waals surface area contributed by atoms with Crippen LogP contribution in [0.15, 0.2) is 12.7 Å². The molecule has 0 aliphatic carbocycles. The van der Waals surface area contributed by atoms with Crippen LogP contribution in [0.5, 0.6) is 0 Å². The second-order valence-electron chi connectivity index (χ2n) is 1.64. The van der Waals surface area contributed by atoms with Crippen molar-refractivity contribution >= 4 is 27.8 Å². The number of alkyl halides is 1. The molecule has 6 heteroatoms. The summed E-state index contributed by atoms with van der Waals surface area (Å²) in [7, 11) is 0. The summed E-state index contributed by atoms with van der Waals surface area (Å²) in [5.41, 5.74) is 0. The van der Waals surface area contributed by atoms with Gasteiger partial charge in [-0.15, -0.1) is 0 Å². The van der Waals surface area contributed by atoms with Gasteiger partial charge in [0.1, 0.15) is 12.7 Å². The van der Waals surface area contributed by atoms with E-state index in [9.17, 15) is 4.79 Å². The first-order valence-electron chi connectivity index (χ1n) is 2.80. The lowest BCUT2D eigenvalue weighted by atomic mass is 10.7. The third-order valence-electron chi connectivity index (χ3n) is 0.866. The Kier molecular flexibility index (Phi) is 2.91. The molecule has 0 aliphatic heterocycles. The third-order valence-corrected chi connectivity index (χ3v) is 1.38. The molecule has 5 nitrogen and oxygen atoms in total. The van der Waals surface area contributed by atoms with Crippen LogP contribution in [0, 0.1) is 0 Å². The van der Waals surface area contributed by atoms with Gasteiger partial charge in [0.15, 0.2) is 0 Å². The van der Waals surface area contributed by atoms with Crippen molar-refractivity contribution < 1.29 is 4.79 Å². The Morgan fingerprint density at radius 2 is 2.18 bits per heavy atom. The molecule has 58 valence electrons. The fourth-order valence-corrected chi connectivity index (χ4v) is 0.602. The number of nitrogens with one attached hydrogen (secondary N) is 1. The predicted molar refractivity (Wildman–Crippen MR) is 42.3 cm³/mol. The number of carbonyl (C=O) groups excluding carboxylic acids is 1. The van der Waals surface area contributed by atoms with E-state index in [-0.39, 0.29) is 17.2 Å². The first-order chi connectivity index (χ1) is 5.33. The molecule has 0 saturated carbocycles. The quantitative estimate of drug-likeness (QED) is 0.718. The summed E-state index contributed by atoms with van der Waals surface area (Å²) in [6.45, 7) is 0. The maximum absolute atomic E-state index is 10.7. The molecule has 0 unspecified atom stereocenters. The summed E-state index contributed by atoms with van der Waals surface area (Å²) in [6, 6.07) is 0. The van der Waals surface area contributed by atoms with Gasteiger partial charge < -0.3 is 0 Å². The highest BCUT2D eigenvalue weighted by molar-refractivity contribution is 9.09. The van der Waals surface area contributed by atoms with Crippen molar-refractivity contribution in [1.29, 1.82) is 0 Å². The maximum Gasteiger partial charge on any atom is 0.237 e. The van der Waals surface area contributed by atoms with Crippen LogP contribution in [-0.2, 0) is 4.79 Å². The zero-order valence-corrected chi connectivity index (χ0v) is 7.08. The summed E-state index contributed by atoms with van der Waals surface area (Å²) in [6.07, 6.45) is 2.63. The molecular formula is C5H5BrN4O. The molecule has 0 saturated heterocycles. The fourth-order valence-electron chi connectivity index (χ4n) is 0.462. The molecule has 0 aliphatic rings. The highest BCUT2D eigenvalue weighted by Gasteiger charge is 1.99. The van der Waals surface area contributed by atoms with E-state index in [0.717, 1.165) is 0 Å². The number of rotatable bonds is 2. The number of aromatic nitrogens is 3. The molecule has 0 radical (unpaired) electrons. The summed E-state index contributed by atoms with van der Waals surface area (Å²) in [5, 5.41) is 2.68. The van der Waals surface area contributed by atoms with Crippen LogP contribution < -0.4 is 5.32 Å². The minimum Gasteiger partial charge on any atom is -0.294 e. The lowest BCUT2D eigenvalue weighted by Gasteiger charge is -1.97. The van der Waals surface area contributed by atoms with Gasteiger partial charge in [0.2, 0.25) is 11.9 Å². The monoisotopic (exact) mass is 216 g/mol. The van der Waals surface area contributed by atoms with Crippen molar-refractivity contribution in [2.24, 2.45) is 0 Å². The minimum atomic E-state index is -0.184. The van der Waals surface area contributed by atoms with Gasteiger partial charge in [-0.05, 0) is 0 Å². The number of hydrogen-bond donors (Lipinski definition) is 1. The highest BCUT2D eigenvalue weighted by atomic mass is 79.9. The van der Waals surface area contributed by atoms with Gasteiger partial charge in [-0.25, -0.2) is 15.0 Å². The zero-order chi connectivity index (χ0) is 8.10. The molecular weight excluding hydrogens is 212 g/mol. The number of carbonyl (C=O) groups is 1. The van der Waals surface area contributed by atoms with Crippen LogP contribution in [0.1, 0.15) is 0 Å². The van der Waals surface area contributed by atoms with Crippen molar-refractivity contribution in [3.63, 3.8) is 0 Å². The zero-order valence-electron chi connectivity index (χ0n) is 5.49. The van der Waals surface area contributed by atoms with Crippen LogP contribution >= 0.6 is 15.9 Å². The Bertz CT molecular complexity index is 239. The summed E-state index contributed by atoms with van der Waals surface area (Å²) in [5.74, 6) is 0.0839. The van der Waals surface area contributed by atoms with Gasteiger partial charge in [-0.1, -0.05) is 15.9 Å². The molecule has 11 heavy (non-hydrogen) atoms. The molecule has 1 aromatic heterocycles. The first kappa shape index (κ1) is 8.06. The van der Waals surface area contributed by atoms with Crippen LogP contribution in [0.4, 0.5) is 5.95 Å². The molecule has 0 bridgehead atoms. The Labute approximate surface area is 71.4 Å². The molecule has 0 atom stereocenters. The van der Waals surface area contributed by atoms with E-state index in [0.29, 0.717) is 0 Å². The highest BCUT2D eigenvalue weighted by Crippen LogP contribution is 1.92. The Balaban J connectivity index is 2.58. The predicted octanol–water partition coefficient (Wildman–Crippen LogP) is 0.205. The van der Waals surface area contributed by atoms with Crippen molar-refractivity contribution in [2.75, 3.05) is 10.6 Å². The Hall–Kier alpha value is -1.04. The first-order valence-corrected chi connectivity index (χ1v) is 3.93. The van der Waals surface area contributed by atoms with Crippen LogP contribution in [0.3, 0.4) is 0 Å². The van der Waals surface area contributed by atoms with E-state index < -0.39 is 0 Å². The summed E-state index contributed by atoms with van der Waals surface area (Å²) < 4.78 is 0. The lowest BCUT2D eigenvalue weighted by Crippen LogP contribution is -2.14. The van der Waals surface area contributed by atoms with E-state index in [4.69, 9.17) is 0 Å². The number of halogens is 1. The van der Waals surface area contributed by atoms with E-state index in [1.165, 1.54) is 12.7 Å².